The molecule has 1 aromatic heterocycles. The molecule has 1 aliphatic carbocycles. The highest BCUT2D eigenvalue weighted by atomic mass is 32.1. The van der Waals surface area contributed by atoms with Crippen molar-refractivity contribution >= 4 is 11.3 Å². The first-order valence-corrected chi connectivity index (χ1v) is 8.28. The highest BCUT2D eigenvalue weighted by Gasteiger charge is 2.21. The maximum atomic E-state index is 3.81. The molecule has 1 heterocycles. The van der Waals surface area contributed by atoms with Crippen LogP contribution in [0.1, 0.15) is 55.7 Å². The summed E-state index contributed by atoms with van der Waals surface area (Å²) in [7, 11) is 0. The first-order chi connectivity index (χ1) is 8.65. The Labute approximate surface area is 116 Å². The minimum atomic E-state index is 0.597. The second-order valence-electron chi connectivity index (χ2n) is 5.97. The van der Waals surface area contributed by atoms with E-state index in [1.54, 1.807) is 0 Å². The van der Waals surface area contributed by atoms with Crippen molar-refractivity contribution in [2.45, 2.75) is 71.4 Å². The number of rotatable bonds is 5. The first-order valence-electron chi connectivity index (χ1n) is 7.46. The molecular weight excluding hydrogens is 238 g/mol. The van der Waals surface area contributed by atoms with Gasteiger partial charge >= 0.3 is 0 Å². The molecular formula is C16H27NS. The van der Waals surface area contributed by atoms with Crippen LogP contribution in [0.4, 0.5) is 0 Å². The van der Waals surface area contributed by atoms with Crippen LogP contribution in [0.25, 0.3) is 0 Å². The lowest BCUT2D eigenvalue weighted by molar-refractivity contribution is 0.267. The van der Waals surface area contributed by atoms with Gasteiger partial charge < -0.3 is 5.32 Å². The number of hydrogen-bond donors (Lipinski definition) is 1. The molecule has 0 saturated heterocycles. The Hall–Kier alpha value is -0.340. The summed E-state index contributed by atoms with van der Waals surface area (Å²) in [5, 5.41) is 3.81. The molecule has 2 unspecified atom stereocenters. The van der Waals surface area contributed by atoms with Crippen LogP contribution in [0.3, 0.4) is 0 Å². The van der Waals surface area contributed by atoms with E-state index in [2.05, 4.69) is 38.2 Å². The third kappa shape index (κ3) is 4.10. The molecule has 0 amide bonds. The molecule has 2 atom stereocenters. The Balaban J connectivity index is 1.77. The summed E-state index contributed by atoms with van der Waals surface area (Å²) in [5.74, 6) is 0.909. The summed E-state index contributed by atoms with van der Waals surface area (Å²) in [4.78, 5) is 2.95. The van der Waals surface area contributed by atoms with Crippen molar-refractivity contribution in [3.63, 3.8) is 0 Å². The molecule has 18 heavy (non-hydrogen) atoms. The molecule has 1 saturated carbocycles. The molecule has 2 heteroatoms. The van der Waals surface area contributed by atoms with Crippen LogP contribution in [0.15, 0.2) is 12.1 Å². The standard InChI is InChI=1S/C16H27NS/c1-12(11-16-10-9-13(2)18-16)17-14(3)15-7-5-4-6-8-15/h9-10,12,14-15,17H,4-8,11H2,1-3H3. The predicted molar refractivity (Wildman–Crippen MR) is 81.4 cm³/mol. The third-order valence-electron chi connectivity index (χ3n) is 4.21. The van der Waals surface area contributed by atoms with Gasteiger partial charge in [-0.05, 0) is 58.1 Å². The van der Waals surface area contributed by atoms with Gasteiger partial charge in [0.25, 0.3) is 0 Å². The van der Waals surface area contributed by atoms with Gasteiger partial charge in [0.15, 0.2) is 0 Å². The molecule has 0 aromatic carbocycles. The van der Waals surface area contributed by atoms with Gasteiger partial charge in [-0.25, -0.2) is 0 Å². The van der Waals surface area contributed by atoms with Gasteiger partial charge in [0.1, 0.15) is 0 Å². The van der Waals surface area contributed by atoms with Gasteiger partial charge in [0.2, 0.25) is 0 Å². The van der Waals surface area contributed by atoms with Crippen molar-refractivity contribution in [1.29, 1.82) is 0 Å². The Kier molecular flexibility index (Phi) is 5.25. The van der Waals surface area contributed by atoms with E-state index in [1.807, 2.05) is 11.3 Å². The summed E-state index contributed by atoms with van der Waals surface area (Å²) in [6, 6.07) is 5.79. The van der Waals surface area contributed by atoms with Crippen molar-refractivity contribution in [1.82, 2.24) is 5.32 Å². The maximum absolute atomic E-state index is 3.81. The molecule has 0 radical (unpaired) electrons. The highest BCUT2D eigenvalue weighted by Crippen LogP contribution is 2.26. The van der Waals surface area contributed by atoms with E-state index in [0.29, 0.717) is 12.1 Å². The zero-order valence-corrected chi connectivity index (χ0v) is 12.9. The van der Waals surface area contributed by atoms with Crippen molar-refractivity contribution < 1.29 is 0 Å². The lowest BCUT2D eigenvalue weighted by Gasteiger charge is -2.30. The van der Waals surface area contributed by atoms with Crippen LogP contribution in [0.2, 0.25) is 0 Å². The van der Waals surface area contributed by atoms with Crippen LogP contribution in [-0.2, 0) is 6.42 Å². The zero-order chi connectivity index (χ0) is 13.0. The van der Waals surface area contributed by atoms with E-state index in [1.165, 1.54) is 48.3 Å². The van der Waals surface area contributed by atoms with Crippen LogP contribution >= 0.6 is 11.3 Å². The molecule has 0 aliphatic heterocycles. The quantitative estimate of drug-likeness (QED) is 0.824. The van der Waals surface area contributed by atoms with Crippen molar-refractivity contribution in [2.24, 2.45) is 5.92 Å². The topological polar surface area (TPSA) is 12.0 Å². The van der Waals surface area contributed by atoms with Gasteiger partial charge in [0, 0.05) is 21.8 Å². The Bertz CT molecular complexity index is 352. The highest BCUT2D eigenvalue weighted by molar-refractivity contribution is 7.11. The molecule has 1 N–H and O–H groups in total. The fourth-order valence-electron chi connectivity index (χ4n) is 3.17. The van der Waals surface area contributed by atoms with Gasteiger partial charge in [-0.3, -0.25) is 0 Å². The molecule has 1 fully saturated rings. The minimum absolute atomic E-state index is 0.597. The molecule has 0 bridgehead atoms. The molecule has 0 spiro atoms. The van der Waals surface area contributed by atoms with E-state index in [0.717, 1.165) is 5.92 Å². The average Bonchev–Trinajstić information content (AvgIpc) is 2.75. The maximum Gasteiger partial charge on any atom is 0.00896 e. The SMILES string of the molecule is Cc1ccc(CC(C)NC(C)C2CCCCC2)s1. The first kappa shape index (κ1) is 14.1. The van der Waals surface area contributed by atoms with Crippen LogP contribution in [-0.4, -0.2) is 12.1 Å². The van der Waals surface area contributed by atoms with Crippen LogP contribution < -0.4 is 5.32 Å². The molecule has 1 aromatic rings. The molecule has 1 nitrogen and oxygen atoms in total. The van der Waals surface area contributed by atoms with Crippen LogP contribution in [0, 0.1) is 12.8 Å². The van der Waals surface area contributed by atoms with Crippen molar-refractivity contribution in [2.75, 3.05) is 0 Å². The normalized spacial score (nSPS) is 20.8. The van der Waals surface area contributed by atoms with E-state index < -0.39 is 0 Å². The van der Waals surface area contributed by atoms with Crippen molar-refractivity contribution in [3.05, 3.63) is 21.9 Å². The van der Waals surface area contributed by atoms with Crippen molar-refractivity contribution in [3.8, 4) is 0 Å². The van der Waals surface area contributed by atoms with Gasteiger partial charge in [-0.15, -0.1) is 11.3 Å². The van der Waals surface area contributed by atoms with E-state index in [-0.39, 0.29) is 0 Å². The number of nitrogens with one attached hydrogen (secondary N) is 1. The minimum Gasteiger partial charge on any atom is -0.311 e. The van der Waals surface area contributed by atoms with E-state index in [9.17, 15) is 0 Å². The monoisotopic (exact) mass is 265 g/mol. The molecule has 2 rings (SSSR count). The van der Waals surface area contributed by atoms with Gasteiger partial charge in [0.05, 0.1) is 0 Å². The Morgan fingerprint density at radius 2 is 1.94 bits per heavy atom. The van der Waals surface area contributed by atoms with E-state index >= 15 is 0 Å². The summed E-state index contributed by atoms with van der Waals surface area (Å²) >= 11 is 1.94. The second-order valence-corrected chi connectivity index (χ2v) is 7.34. The summed E-state index contributed by atoms with van der Waals surface area (Å²) in [6.45, 7) is 6.90. The molecule has 102 valence electrons. The average molecular weight is 265 g/mol. The predicted octanol–water partition coefficient (Wildman–Crippen LogP) is 4.55. The fourth-order valence-corrected chi connectivity index (χ4v) is 4.19. The van der Waals surface area contributed by atoms with Gasteiger partial charge in [-0.1, -0.05) is 19.3 Å². The summed E-state index contributed by atoms with van der Waals surface area (Å²) in [5.41, 5.74) is 0. The number of aryl methyl sites for hydroxylation is 1. The largest absolute Gasteiger partial charge is 0.311 e. The zero-order valence-electron chi connectivity index (χ0n) is 12.0. The lowest BCUT2D eigenvalue weighted by Crippen LogP contribution is -2.41. The smallest absolute Gasteiger partial charge is 0.00896 e. The third-order valence-corrected chi connectivity index (χ3v) is 5.23. The fraction of sp³-hybridized carbons (Fsp3) is 0.750. The second kappa shape index (κ2) is 6.72. The number of hydrogen-bond acceptors (Lipinski definition) is 2. The molecule has 1 aliphatic rings. The summed E-state index contributed by atoms with van der Waals surface area (Å²) < 4.78 is 0. The summed E-state index contributed by atoms with van der Waals surface area (Å²) in [6.07, 6.45) is 8.37. The lowest BCUT2D eigenvalue weighted by atomic mass is 9.84. The van der Waals surface area contributed by atoms with Gasteiger partial charge in [-0.2, -0.15) is 0 Å². The Morgan fingerprint density at radius 1 is 1.22 bits per heavy atom. The van der Waals surface area contributed by atoms with Crippen LogP contribution in [0.5, 0.6) is 0 Å². The Morgan fingerprint density at radius 3 is 2.56 bits per heavy atom. The van der Waals surface area contributed by atoms with E-state index in [4.69, 9.17) is 0 Å². The number of thiophene rings is 1.